The fraction of sp³-hybridized carbons (Fsp3) is 0.467. The zero-order valence-corrected chi connectivity index (χ0v) is 11.5. The van der Waals surface area contributed by atoms with Crippen LogP contribution in [0.2, 0.25) is 5.02 Å². The molecule has 3 rings (SSSR count). The van der Waals surface area contributed by atoms with Crippen LogP contribution in [0.3, 0.4) is 0 Å². The molecular formula is C15H19ClN2. The van der Waals surface area contributed by atoms with Gasteiger partial charge in [-0.25, -0.2) is 0 Å². The SMILES string of the molecule is Cc1c(Cl)c2ccccn2c1CC1CCCCN1. The minimum absolute atomic E-state index is 0.604. The molecule has 1 aliphatic rings. The number of aromatic nitrogens is 1. The molecule has 0 saturated carbocycles. The maximum Gasteiger partial charge on any atom is 0.0693 e. The van der Waals surface area contributed by atoms with E-state index in [2.05, 4.69) is 35.0 Å². The smallest absolute Gasteiger partial charge is 0.0693 e. The van der Waals surface area contributed by atoms with E-state index >= 15 is 0 Å². The number of hydrogen-bond donors (Lipinski definition) is 1. The minimum Gasteiger partial charge on any atom is -0.319 e. The summed E-state index contributed by atoms with van der Waals surface area (Å²) in [7, 11) is 0. The van der Waals surface area contributed by atoms with Gasteiger partial charge in [-0.3, -0.25) is 0 Å². The second-order valence-corrected chi connectivity index (χ2v) is 5.57. The molecule has 0 bridgehead atoms. The lowest BCUT2D eigenvalue weighted by Gasteiger charge is -2.23. The average molecular weight is 263 g/mol. The van der Waals surface area contributed by atoms with Gasteiger partial charge in [0.25, 0.3) is 0 Å². The summed E-state index contributed by atoms with van der Waals surface area (Å²) in [5.41, 5.74) is 3.72. The number of rotatable bonds is 2. The number of pyridine rings is 1. The van der Waals surface area contributed by atoms with Crippen LogP contribution in [-0.2, 0) is 6.42 Å². The van der Waals surface area contributed by atoms with Gasteiger partial charge in [0.1, 0.15) is 0 Å². The molecule has 0 radical (unpaired) electrons. The Kier molecular flexibility index (Phi) is 3.31. The van der Waals surface area contributed by atoms with E-state index in [1.807, 2.05) is 6.07 Å². The molecule has 1 saturated heterocycles. The summed E-state index contributed by atoms with van der Waals surface area (Å²) in [6, 6.07) is 6.81. The first kappa shape index (κ1) is 12.1. The average Bonchev–Trinajstić information content (AvgIpc) is 2.66. The van der Waals surface area contributed by atoms with Crippen molar-refractivity contribution in [3.8, 4) is 0 Å². The van der Waals surface area contributed by atoms with Crippen molar-refractivity contribution in [1.29, 1.82) is 0 Å². The van der Waals surface area contributed by atoms with Crippen LogP contribution in [0.25, 0.3) is 5.52 Å². The highest BCUT2D eigenvalue weighted by molar-refractivity contribution is 6.34. The molecule has 3 heterocycles. The van der Waals surface area contributed by atoms with E-state index in [0.29, 0.717) is 6.04 Å². The van der Waals surface area contributed by atoms with E-state index in [-0.39, 0.29) is 0 Å². The Morgan fingerprint density at radius 3 is 3.06 bits per heavy atom. The van der Waals surface area contributed by atoms with E-state index in [4.69, 9.17) is 11.6 Å². The molecule has 0 spiro atoms. The summed E-state index contributed by atoms with van der Waals surface area (Å²) >= 11 is 6.42. The van der Waals surface area contributed by atoms with Crippen molar-refractivity contribution in [1.82, 2.24) is 9.72 Å². The quantitative estimate of drug-likeness (QED) is 0.875. The predicted octanol–water partition coefficient (Wildman–Crippen LogP) is 3.59. The van der Waals surface area contributed by atoms with Gasteiger partial charge in [0.15, 0.2) is 0 Å². The first-order valence-corrected chi connectivity index (χ1v) is 7.12. The lowest BCUT2D eigenvalue weighted by molar-refractivity contribution is 0.396. The van der Waals surface area contributed by atoms with E-state index in [1.54, 1.807) is 0 Å². The van der Waals surface area contributed by atoms with E-state index < -0.39 is 0 Å². The van der Waals surface area contributed by atoms with Crippen LogP contribution in [0.1, 0.15) is 30.5 Å². The largest absolute Gasteiger partial charge is 0.319 e. The monoisotopic (exact) mass is 262 g/mol. The van der Waals surface area contributed by atoms with E-state index in [0.717, 1.165) is 23.5 Å². The van der Waals surface area contributed by atoms with Crippen molar-refractivity contribution in [2.75, 3.05) is 6.54 Å². The lowest BCUT2D eigenvalue weighted by atomic mass is 9.99. The maximum absolute atomic E-state index is 6.42. The van der Waals surface area contributed by atoms with Gasteiger partial charge in [-0.15, -0.1) is 0 Å². The predicted molar refractivity (Wildman–Crippen MR) is 76.5 cm³/mol. The summed E-state index contributed by atoms with van der Waals surface area (Å²) in [4.78, 5) is 0. The van der Waals surface area contributed by atoms with Crippen LogP contribution < -0.4 is 5.32 Å². The molecular weight excluding hydrogens is 244 g/mol. The molecule has 0 aliphatic carbocycles. The number of fused-ring (bicyclic) bond motifs is 1. The Morgan fingerprint density at radius 2 is 2.28 bits per heavy atom. The number of piperidine rings is 1. The fourth-order valence-corrected chi connectivity index (χ4v) is 3.20. The molecule has 2 aromatic rings. The van der Waals surface area contributed by atoms with E-state index in [9.17, 15) is 0 Å². The molecule has 1 atom stereocenters. The normalized spacial score (nSPS) is 20.4. The molecule has 1 unspecified atom stereocenters. The zero-order chi connectivity index (χ0) is 12.5. The van der Waals surface area contributed by atoms with Gasteiger partial charge < -0.3 is 9.72 Å². The lowest BCUT2D eigenvalue weighted by Crippen LogP contribution is -2.36. The Labute approximate surface area is 113 Å². The number of hydrogen-bond acceptors (Lipinski definition) is 1. The standard InChI is InChI=1S/C15H19ClN2/c1-11-14(10-12-6-2-4-8-17-12)18-9-5-3-7-13(18)15(11)16/h3,5,7,9,12,17H,2,4,6,8,10H2,1H3. The Bertz CT molecular complexity index is 553. The molecule has 2 aromatic heterocycles. The third-order valence-corrected chi connectivity index (χ3v) is 4.47. The summed E-state index contributed by atoms with van der Waals surface area (Å²) < 4.78 is 2.24. The summed E-state index contributed by atoms with van der Waals surface area (Å²) in [5.74, 6) is 0. The Hall–Kier alpha value is -0.990. The fourth-order valence-electron chi connectivity index (χ4n) is 2.94. The van der Waals surface area contributed by atoms with Gasteiger partial charge >= 0.3 is 0 Å². The molecule has 1 N–H and O–H groups in total. The molecule has 18 heavy (non-hydrogen) atoms. The third-order valence-electron chi connectivity index (χ3n) is 3.99. The topological polar surface area (TPSA) is 16.4 Å². The summed E-state index contributed by atoms with van der Waals surface area (Å²) in [6.07, 6.45) is 7.12. The number of halogens is 1. The van der Waals surface area contributed by atoms with Gasteiger partial charge in [0.05, 0.1) is 10.5 Å². The highest BCUT2D eigenvalue weighted by atomic mass is 35.5. The van der Waals surface area contributed by atoms with Crippen molar-refractivity contribution in [2.24, 2.45) is 0 Å². The molecule has 1 aliphatic heterocycles. The van der Waals surface area contributed by atoms with Crippen LogP contribution in [0, 0.1) is 6.92 Å². The molecule has 96 valence electrons. The number of nitrogens with zero attached hydrogens (tertiary/aromatic N) is 1. The van der Waals surface area contributed by atoms with Crippen molar-refractivity contribution in [3.63, 3.8) is 0 Å². The molecule has 3 heteroatoms. The van der Waals surface area contributed by atoms with Gasteiger partial charge in [-0.05, 0) is 44.0 Å². The molecule has 1 fully saturated rings. The summed E-state index contributed by atoms with van der Waals surface area (Å²) in [6.45, 7) is 3.29. The number of nitrogens with one attached hydrogen (secondary N) is 1. The highest BCUT2D eigenvalue weighted by Crippen LogP contribution is 2.29. The van der Waals surface area contributed by atoms with Crippen molar-refractivity contribution in [2.45, 2.75) is 38.6 Å². The third kappa shape index (κ3) is 2.04. The highest BCUT2D eigenvalue weighted by Gasteiger charge is 2.18. The van der Waals surface area contributed by atoms with E-state index in [1.165, 1.54) is 30.5 Å². The summed E-state index contributed by atoms with van der Waals surface area (Å²) in [5, 5.41) is 4.52. The maximum atomic E-state index is 6.42. The van der Waals surface area contributed by atoms with Crippen LogP contribution in [0.15, 0.2) is 24.4 Å². The second kappa shape index (κ2) is 4.94. The first-order valence-electron chi connectivity index (χ1n) is 6.75. The van der Waals surface area contributed by atoms with Crippen molar-refractivity contribution < 1.29 is 0 Å². The van der Waals surface area contributed by atoms with Gasteiger partial charge in [0.2, 0.25) is 0 Å². The zero-order valence-electron chi connectivity index (χ0n) is 10.7. The van der Waals surface area contributed by atoms with Crippen LogP contribution in [-0.4, -0.2) is 17.0 Å². The first-order chi connectivity index (χ1) is 8.77. The minimum atomic E-state index is 0.604. The molecule has 0 aromatic carbocycles. The van der Waals surface area contributed by atoms with Crippen LogP contribution in [0.5, 0.6) is 0 Å². The van der Waals surface area contributed by atoms with Gasteiger partial charge in [-0.1, -0.05) is 24.1 Å². The Morgan fingerprint density at radius 1 is 1.39 bits per heavy atom. The Balaban J connectivity index is 1.97. The van der Waals surface area contributed by atoms with Crippen LogP contribution >= 0.6 is 11.6 Å². The van der Waals surface area contributed by atoms with Crippen LogP contribution in [0.4, 0.5) is 0 Å². The molecule has 2 nitrogen and oxygen atoms in total. The van der Waals surface area contributed by atoms with Gasteiger partial charge in [0, 0.05) is 24.4 Å². The van der Waals surface area contributed by atoms with Gasteiger partial charge in [-0.2, -0.15) is 0 Å². The molecule has 0 amide bonds. The van der Waals surface area contributed by atoms with Crippen molar-refractivity contribution in [3.05, 3.63) is 40.7 Å². The second-order valence-electron chi connectivity index (χ2n) is 5.19. The van der Waals surface area contributed by atoms with Crippen molar-refractivity contribution >= 4 is 17.1 Å².